The molecule has 32 heavy (non-hydrogen) atoms. The van der Waals surface area contributed by atoms with Gasteiger partial charge in [-0.1, -0.05) is 23.8 Å². The number of carbonyl (C=O) groups excluding carboxylic acids is 1. The van der Waals surface area contributed by atoms with Gasteiger partial charge in [0.25, 0.3) is 5.91 Å². The summed E-state index contributed by atoms with van der Waals surface area (Å²) in [4.78, 5) is 14.5. The van der Waals surface area contributed by atoms with Crippen molar-refractivity contribution in [3.8, 4) is 11.5 Å². The number of nitrogens with one attached hydrogen (secondary N) is 1. The molecule has 0 bridgehead atoms. The molecule has 1 fully saturated rings. The molecule has 0 atom stereocenters. The highest BCUT2D eigenvalue weighted by Gasteiger charge is 2.33. The average Bonchev–Trinajstić information content (AvgIpc) is 3.24. The van der Waals surface area contributed by atoms with Crippen LogP contribution in [0.1, 0.15) is 22.4 Å². The minimum atomic E-state index is -0.223. The van der Waals surface area contributed by atoms with Crippen molar-refractivity contribution in [2.45, 2.75) is 20.5 Å². The quantitative estimate of drug-likeness (QED) is 0.456. The summed E-state index contributed by atoms with van der Waals surface area (Å²) >= 11 is 5.41. The third-order valence-electron chi connectivity index (χ3n) is 5.14. The summed E-state index contributed by atoms with van der Waals surface area (Å²) in [7, 11) is 3.43. The molecule has 0 unspecified atom stereocenters. The van der Waals surface area contributed by atoms with Crippen LogP contribution in [0.4, 0.5) is 5.69 Å². The Balaban J connectivity index is 1.57. The second-order valence-electron chi connectivity index (χ2n) is 7.58. The van der Waals surface area contributed by atoms with Crippen molar-refractivity contribution in [2.75, 3.05) is 12.0 Å². The normalized spacial score (nSPS) is 14.8. The van der Waals surface area contributed by atoms with Gasteiger partial charge in [-0.2, -0.15) is 5.10 Å². The Kier molecular flexibility index (Phi) is 5.96. The molecule has 0 radical (unpaired) electrons. The van der Waals surface area contributed by atoms with Gasteiger partial charge in [-0.3, -0.25) is 9.48 Å². The number of nitrogens with zero attached hydrogens (tertiary/aromatic N) is 3. The van der Waals surface area contributed by atoms with Crippen LogP contribution >= 0.6 is 12.2 Å². The fraction of sp³-hybridized carbons (Fsp3) is 0.208. The van der Waals surface area contributed by atoms with Gasteiger partial charge in [-0.05, 0) is 62.0 Å². The molecule has 1 N–H and O–H groups in total. The van der Waals surface area contributed by atoms with Gasteiger partial charge in [-0.15, -0.1) is 0 Å². The van der Waals surface area contributed by atoms with Crippen LogP contribution in [0, 0.1) is 13.8 Å². The summed E-state index contributed by atoms with van der Waals surface area (Å²) in [5.41, 5.74) is 4.67. The second kappa shape index (κ2) is 8.84. The summed E-state index contributed by atoms with van der Waals surface area (Å²) < 4.78 is 13.1. The number of hydrogen-bond acceptors (Lipinski definition) is 5. The van der Waals surface area contributed by atoms with Crippen LogP contribution in [0.25, 0.3) is 6.08 Å². The second-order valence-corrected chi connectivity index (χ2v) is 7.96. The maximum Gasteiger partial charge on any atom is 0.281 e. The zero-order valence-electron chi connectivity index (χ0n) is 18.4. The zero-order chi connectivity index (χ0) is 22.8. The third kappa shape index (κ3) is 4.36. The minimum Gasteiger partial charge on any atom is -0.496 e. The molecular formula is C24H24N4O3S. The molecule has 4 rings (SSSR count). The van der Waals surface area contributed by atoms with Gasteiger partial charge in [0, 0.05) is 18.8 Å². The number of aryl methyl sites for hydroxylation is 3. The molecule has 2 heterocycles. The molecule has 1 amide bonds. The number of carbonyl (C=O) groups is 1. The predicted octanol–water partition coefficient (Wildman–Crippen LogP) is 3.89. The highest BCUT2D eigenvalue weighted by atomic mass is 32.1. The topological polar surface area (TPSA) is 68.6 Å². The first-order valence-corrected chi connectivity index (χ1v) is 10.5. The van der Waals surface area contributed by atoms with Crippen molar-refractivity contribution in [2.24, 2.45) is 7.05 Å². The molecule has 2 aromatic carbocycles. The molecule has 1 aliphatic rings. The van der Waals surface area contributed by atoms with E-state index in [1.165, 1.54) is 10.5 Å². The standard InChI is InChI=1S/C24H24N4O3S/c1-15-5-8-19(9-6-15)31-14-18-11-17(7-10-22(18)30-4)12-20-23(29)28(24(32)25-20)21-13-27(3)26-16(21)2/h5-13H,14H2,1-4H3,(H,25,32)/b20-12+. The first-order chi connectivity index (χ1) is 15.4. The van der Waals surface area contributed by atoms with E-state index in [1.807, 2.05) is 63.4 Å². The number of methoxy groups -OCH3 is 1. The molecule has 8 heteroatoms. The number of rotatable bonds is 6. The molecule has 1 saturated heterocycles. The van der Waals surface area contributed by atoms with E-state index in [0.29, 0.717) is 28.9 Å². The maximum atomic E-state index is 13.0. The van der Waals surface area contributed by atoms with E-state index in [4.69, 9.17) is 21.7 Å². The Morgan fingerprint density at radius 1 is 1.16 bits per heavy atom. The summed E-state index contributed by atoms with van der Waals surface area (Å²) in [6, 6.07) is 13.6. The Labute approximate surface area is 192 Å². The van der Waals surface area contributed by atoms with E-state index in [2.05, 4.69) is 10.4 Å². The van der Waals surface area contributed by atoms with E-state index in [0.717, 1.165) is 22.6 Å². The van der Waals surface area contributed by atoms with Crippen LogP contribution in [0.15, 0.2) is 54.4 Å². The van der Waals surface area contributed by atoms with Gasteiger partial charge in [-0.25, -0.2) is 4.90 Å². The van der Waals surface area contributed by atoms with Crippen LogP contribution in [-0.4, -0.2) is 27.9 Å². The largest absolute Gasteiger partial charge is 0.496 e. The van der Waals surface area contributed by atoms with Crippen LogP contribution in [0.5, 0.6) is 11.5 Å². The smallest absolute Gasteiger partial charge is 0.281 e. The van der Waals surface area contributed by atoms with E-state index in [-0.39, 0.29) is 5.91 Å². The number of hydrogen-bond donors (Lipinski definition) is 1. The van der Waals surface area contributed by atoms with Gasteiger partial charge >= 0.3 is 0 Å². The fourth-order valence-corrected chi connectivity index (χ4v) is 3.82. The lowest BCUT2D eigenvalue weighted by Gasteiger charge is -2.12. The molecular weight excluding hydrogens is 424 g/mol. The fourth-order valence-electron chi connectivity index (χ4n) is 3.52. The lowest BCUT2D eigenvalue weighted by molar-refractivity contribution is -0.113. The number of thiocarbonyl (C=S) groups is 1. The monoisotopic (exact) mass is 448 g/mol. The van der Waals surface area contributed by atoms with Gasteiger partial charge in [0.15, 0.2) is 5.11 Å². The number of benzene rings is 2. The van der Waals surface area contributed by atoms with Crippen molar-refractivity contribution in [3.63, 3.8) is 0 Å². The van der Waals surface area contributed by atoms with Crippen molar-refractivity contribution >= 4 is 35.0 Å². The van der Waals surface area contributed by atoms with Crippen LogP contribution in [0.3, 0.4) is 0 Å². The molecule has 0 saturated carbocycles. The van der Waals surface area contributed by atoms with E-state index in [1.54, 1.807) is 24.1 Å². The van der Waals surface area contributed by atoms with Gasteiger partial charge in [0.1, 0.15) is 23.8 Å². The Morgan fingerprint density at radius 3 is 2.56 bits per heavy atom. The van der Waals surface area contributed by atoms with Gasteiger partial charge in [0.2, 0.25) is 0 Å². The average molecular weight is 449 g/mol. The molecule has 164 valence electrons. The molecule has 1 aromatic heterocycles. The highest BCUT2D eigenvalue weighted by molar-refractivity contribution is 7.80. The number of anilines is 1. The Morgan fingerprint density at radius 2 is 1.91 bits per heavy atom. The summed E-state index contributed by atoms with van der Waals surface area (Å²) in [6.07, 6.45) is 3.55. The minimum absolute atomic E-state index is 0.223. The molecule has 3 aromatic rings. The summed E-state index contributed by atoms with van der Waals surface area (Å²) in [6.45, 7) is 4.21. The SMILES string of the molecule is COc1ccc(/C=C2/NC(=S)N(c3cn(C)nc3C)C2=O)cc1COc1ccc(C)cc1. The van der Waals surface area contributed by atoms with Crippen molar-refractivity contribution in [1.82, 2.24) is 15.1 Å². The van der Waals surface area contributed by atoms with Crippen molar-refractivity contribution in [1.29, 1.82) is 0 Å². The van der Waals surface area contributed by atoms with E-state index >= 15 is 0 Å². The molecule has 1 aliphatic heterocycles. The highest BCUT2D eigenvalue weighted by Crippen LogP contribution is 2.27. The first-order valence-electron chi connectivity index (χ1n) is 10.1. The van der Waals surface area contributed by atoms with Crippen molar-refractivity contribution in [3.05, 3.63) is 76.7 Å². The van der Waals surface area contributed by atoms with E-state index in [9.17, 15) is 4.79 Å². The van der Waals surface area contributed by atoms with Crippen LogP contribution in [0.2, 0.25) is 0 Å². The first kappa shape index (κ1) is 21.6. The number of ether oxygens (including phenoxy) is 2. The molecule has 7 nitrogen and oxygen atoms in total. The number of amides is 1. The van der Waals surface area contributed by atoms with Crippen LogP contribution < -0.4 is 19.7 Å². The molecule has 0 aliphatic carbocycles. The third-order valence-corrected chi connectivity index (χ3v) is 5.42. The Hall–Kier alpha value is -3.65. The summed E-state index contributed by atoms with van der Waals surface area (Å²) in [5, 5.41) is 7.65. The maximum absolute atomic E-state index is 13.0. The lowest BCUT2D eigenvalue weighted by Crippen LogP contribution is -2.30. The Bertz CT molecular complexity index is 1210. The zero-order valence-corrected chi connectivity index (χ0v) is 19.2. The van der Waals surface area contributed by atoms with E-state index < -0.39 is 0 Å². The van der Waals surface area contributed by atoms with Crippen LogP contribution in [-0.2, 0) is 18.4 Å². The van der Waals surface area contributed by atoms with Gasteiger partial charge in [0.05, 0.1) is 18.5 Å². The van der Waals surface area contributed by atoms with Crippen molar-refractivity contribution < 1.29 is 14.3 Å². The molecule has 0 spiro atoms. The predicted molar refractivity (Wildman–Crippen MR) is 128 cm³/mol. The van der Waals surface area contributed by atoms with Gasteiger partial charge < -0.3 is 14.8 Å². The lowest BCUT2D eigenvalue weighted by atomic mass is 10.1. The number of aromatic nitrogens is 2. The summed E-state index contributed by atoms with van der Waals surface area (Å²) in [5.74, 6) is 1.27.